The Hall–Kier alpha value is -3.09. The average molecular weight is 434 g/mol. The van der Waals surface area contributed by atoms with Gasteiger partial charge >= 0.3 is 12.2 Å². The number of carbonyl (C=O) groups is 3. The molecule has 1 aromatic rings. The van der Waals surface area contributed by atoms with Gasteiger partial charge in [-0.25, -0.2) is 9.69 Å². The fraction of sp³-hybridized carbons (Fsp3) is 0.524. The van der Waals surface area contributed by atoms with Crippen LogP contribution in [-0.4, -0.2) is 52.3 Å². The molecule has 4 rings (SSSR count). The standard InChI is InChI=1S/C21H21F3N4O3/c1-10-14-9-26(18(30)20(2,3)4)15(10)16-17(29)27(19(31)28(14)16)12-6-5-11(8-25)13(7-12)21(22,23)24/h5-7,10,14-16H,9H2,1-4H3/t10-,14?,15?,16-/m1/s1. The Bertz CT molecular complexity index is 1040. The Morgan fingerprint density at radius 1 is 1.19 bits per heavy atom. The molecule has 10 heteroatoms. The molecule has 3 saturated heterocycles. The lowest BCUT2D eigenvalue weighted by molar-refractivity contribution is -0.143. The SMILES string of the molecule is C[C@H]1C2[C@@H]3C(=O)N(c4ccc(C#N)c(C(F)(F)F)c4)C(=O)N3C1CN2C(=O)C(C)(C)C. The predicted octanol–water partition coefficient (Wildman–Crippen LogP) is 2.99. The van der Waals surface area contributed by atoms with E-state index in [2.05, 4.69) is 0 Å². The second kappa shape index (κ2) is 6.45. The van der Waals surface area contributed by atoms with Crippen LogP contribution in [0.5, 0.6) is 0 Å². The van der Waals surface area contributed by atoms with E-state index >= 15 is 0 Å². The molecule has 0 radical (unpaired) electrons. The van der Waals surface area contributed by atoms with Gasteiger partial charge in [0, 0.05) is 17.9 Å². The summed E-state index contributed by atoms with van der Waals surface area (Å²) < 4.78 is 40.1. The molecular formula is C21H21F3N4O3. The Morgan fingerprint density at radius 2 is 1.84 bits per heavy atom. The van der Waals surface area contributed by atoms with Crippen molar-refractivity contribution in [2.75, 3.05) is 11.4 Å². The number of imide groups is 1. The summed E-state index contributed by atoms with van der Waals surface area (Å²) >= 11 is 0. The molecule has 1 aromatic carbocycles. The van der Waals surface area contributed by atoms with E-state index in [0.717, 1.165) is 17.0 Å². The van der Waals surface area contributed by atoms with Crippen molar-refractivity contribution in [1.82, 2.24) is 9.80 Å². The van der Waals surface area contributed by atoms with Crippen LogP contribution in [-0.2, 0) is 15.8 Å². The highest BCUT2D eigenvalue weighted by molar-refractivity contribution is 6.22. The average Bonchev–Trinajstić information content (AvgIpc) is 3.24. The molecule has 2 unspecified atom stereocenters. The fourth-order valence-electron chi connectivity index (χ4n) is 4.93. The van der Waals surface area contributed by atoms with Gasteiger partial charge in [-0.15, -0.1) is 0 Å². The van der Waals surface area contributed by atoms with Crippen molar-refractivity contribution in [2.45, 2.75) is 52.0 Å². The first-order chi connectivity index (χ1) is 14.3. The van der Waals surface area contributed by atoms with E-state index in [0.29, 0.717) is 6.07 Å². The van der Waals surface area contributed by atoms with Crippen LogP contribution >= 0.6 is 0 Å². The van der Waals surface area contributed by atoms with Crippen LogP contribution in [0.25, 0.3) is 0 Å². The third-order valence-electron chi connectivity index (χ3n) is 6.34. The molecule has 0 saturated carbocycles. The van der Waals surface area contributed by atoms with Crippen LogP contribution < -0.4 is 4.90 Å². The van der Waals surface area contributed by atoms with Crippen molar-refractivity contribution in [1.29, 1.82) is 5.26 Å². The molecule has 3 fully saturated rings. The zero-order chi connectivity index (χ0) is 23.0. The number of urea groups is 1. The third-order valence-corrected chi connectivity index (χ3v) is 6.34. The van der Waals surface area contributed by atoms with Gasteiger partial charge in [-0.1, -0.05) is 27.7 Å². The number of piperazine rings is 1. The summed E-state index contributed by atoms with van der Waals surface area (Å²) in [4.78, 5) is 43.0. The molecule has 3 heterocycles. The van der Waals surface area contributed by atoms with Crippen molar-refractivity contribution in [3.63, 3.8) is 0 Å². The molecule has 0 spiro atoms. The summed E-state index contributed by atoms with van der Waals surface area (Å²) in [5, 5.41) is 8.98. The molecule has 2 bridgehead atoms. The van der Waals surface area contributed by atoms with Crippen molar-refractivity contribution >= 4 is 23.5 Å². The van der Waals surface area contributed by atoms with Gasteiger partial charge in [-0.05, 0) is 18.2 Å². The highest BCUT2D eigenvalue weighted by Gasteiger charge is 2.66. The molecule has 31 heavy (non-hydrogen) atoms. The number of benzene rings is 1. The zero-order valence-electron chi connectivity index (χ0n) is 17.4. The predicted molar refractivity (Wildman–Crippen MR) is 103 cm³/mol. The van der Waals surface area contributed by atoms with Gasteiger partial charge in [0.1, 0.15) is 6.04 Å². The minimum atomic E-state index is -4.81. The van der Waals surface area contributed by atoms with E-state index in [1.165, 1.54) is 11.0 Å². The highest BCUT2D eigenvalue weighted by atomic mass is 19.4. The topological polar surface area (TPSA) is 84.7 Å². The summed E-state index contributed by atoms with van der Waals surface area (Å²) in [6.07, 6.45) is -4.81. The van der Waals surface area contributed by atoms with Gasteiger partial charge < -0.3 is 9.80 Å². The second-order valence-corrected chi connectivity index (χ2v) is 9.27. The lowest BCUT2D eigenvalue weighted by Gasteiger charge is -2.38. The van der Waals surface area contributed by atoms with Gasteiger partial charge in [-0.3, -0.25) is 9.59 Å². The Kier molecular flexibility index (Phi) is 4.40. The minimum absolute atomic E-state index is 0.127. The monoisotopic (exact) mass is 434 g/mol. The van der Waals surface area contributed by atoms with Gasteiger partial charge in [0.05, 0.1) is 35.0 Å². The number of rotatable bonds is 1. The fourth-order valence-corrected chi connectivity index (χ4v) is 4.93. The van der Waals surface area contributed by atoms with Crippen molar-refractivity contribution in [2.24, 2.45) is 11.3 Å². The number of nitrogens with zero attached hydrogens (tertiary/aromatic N) is 4. The van der Waals surface area contributed by atoms with Crippen LogP contribution in [0.2, 0.25) is 0 Å². The van der Waals surface area contributed by atoms with E-state index in [-0.39, 0.29) is 30.1 Å². The first-order valence-electron chi connectivity index (χ1n) is 9.87. The van der Waals surface area contributed by atoms with Crippen molar-refractivity contribution < 1.29 is 27.6 Å². The van der Waals surface area contributed by atoms with Crippen LogP contribution in [0.15, 0.2) is 18.2 Å². The van der Waals surface area contributed by atoms with E-state index in [9.17, 15) is 27.6 Å². The number of hydrogen-bond donors (Lipinski definition) is 0. The normalized spacial score (nSPS) is 27.7. The Labute approximate surface area is 177 Å². The van der Waals surface area contributed by atoms with Crippen LogP contribution in [0, 0.1) is 22.7 Å². The van der Waals surface area contributed by atoms with Gasteiger partial charge in [-0.2, -0.15) is 18.4 Å². The smallest absolute Gasteiger partial charge is 0.334 e. The van der Waals surface area contributed by atoms with Crippen LogP contribution in [0.3, 0.4) is 0 Å². The molecule has 0 aromatic heterocycles. The number of carbonyl (C=O) groups excluding carboxylic acids is 3. The molecule has 3 aliphatic heterocycles. The number of fused-ring (bicyclic) bond motifs is 5. The molecule has 7 nitrogen and oxygen atoms in total. The number of anilines is 1. The van der Waals surface area contributed by atoms with Crippen molar-refractivity contribution in [3.8, 4) is 6.07 Å². The Balaban J connectivity index is 1.72. The highest BCUT2D eigenvalue weighted by Crippen LogP contribution is 2.47. The van der Waals surface area contributed by atoms with Gasteiger partial charge in [0.15, 0.2) is 0 Å². The molecule has 3 aliphatic rings. The maximum atomic E-state index is 13.4. The maximum absolute atomic E-state index is 13.4. The van der Waals surface area contributed by atoms with E-state index in [4.69, 9.17) is 5.26 Å². The second-order valence-electron chi connectivity index (χ2n) is 9.27. The van der Waals surface area contributed by atoms with E-state index in [1.54, 1.807) is 25.7 Å². The van der Waals surface area contributed by atoms with Crippen LogP contribution in [0.1, 0.15) is 38.8 Å². The molecule has 4 amide bonds. The number of hydrogen-bond acceptors (Lipinski definition) is 4. The van der Waals surface area contributed by atoms with Crippen molar-refractivity contribution in [3.05, 3.63) is 29.3 Å². The van der Waals surface area contributed by atoms with Gasteiger partial charge in [0.2, 0.25) is 5.91 Å². The van der Waals surface area contributed by atoms with Gasteiger partial charge in [0.25, 0.3) is 5.91 Å². The summed E-state index contributed by atoms with van der Waals surface area (Å²) in [5.74, 6) is -0.922. The minimum Gasteiger partial charge on any atom is -0.334 e. The molecule has 4 atom stereocenters. The van der Waals surface area contributed by atoms with E-state index < -0.39 is 46.7 Å². The third kappa shape index (κ3) is 2.90. The van der Waals surface area contributed by atoms with Crippen LogP contribution in [0.4, 0.5) is 23.7 Å². The lowest BCUT2D eigenvalue weighted by Crippen LogP contribution is -2.57. The number of alkyl halides is 3. The molecule has 0 N–H and O–H groups in total. The largest absolute Gasteiger partial charge is 0.417 e. The zero-order valence-corrected chi connectivity index (χ0v) is 17.4. The summed E-state index contributed by atoms with van der Waals surface area (Å²) in [5.41, 5.74) is -2.71. The number of halogens is 3. The first-order valence-corrected chi connectivity index (χ1v) is 9.87. The maximum Gasteiger partial charge on any atom is 0.417 e. The number of likely N-dealkylation sites (tertiary alicyclic amines) is 1. The molecule has 164 valence electrons. The molecule has 0 aliphatic carbocycles. The Morgan fingerprint density at radius 3 is 2.39 bits per heavy atom. The summed E-state index contributed by atoms with van der Waals surface area (Å²) in [7, 11) is 0. The summed E-state index contributed by atoms with van der Waals surface area (Å²) in [6.45, 7) is 7.47. The quantitative estimate of drug-likeness (QED) is 0.636. The number of nitriles is 1. The summed E-state index contributed by atoms with van der Waals surface area (Å²) in [6, 6.07) is 1.70. The van der Waals surface area contributed by atoms with E-state index in [1.807, 2.05) is 6.92 Å². The lowest BCUT2D eigenvalue weighted by atomic mass is 9.92. The number of amides is 4. The first kappa shape index (κ1) is 21.2. The molecular weight excluding hydrogens is 413 g/mol.